The van der Waals surface area contributed by atoms with E-state index < -0.39 is 5.60 Å². The largest absolute Gasteiger partial charge is 0.444 e. The van der Waals surface area contributed by atoms with Crippen molar-refractivity contribution in [1.82, 2.24) is 10.2 Å². The third kappa shape index (κ3) is 8.11. The lowest BCUT2D eigenvalue weighted by molar-refractivity contribution is -0.139. The van der Waals surface area contributed by atoms with Crippen molar-refractivity contribution in [1.29, 1.82) is 0 Å². The zero-order chi connectivity index (χ0) is 25.7. The summed E-state index contributed by atoms with van der Waals surface area (Å²) in [5, 5.41) is 3.00. The van der Waals surface area contributed by atoms with Crippen LogP contribution in [0.2, 0.25) is 0 Å². The molecule has 6 atom stereocenters. The fourth-order valence-electron chi connectivity index (χ4n) is 7.81. The van der Waals surface area contributed by atoms with Crippen LogP contribution in [-0.4, -0.2) is 47.0 Å². The smallest absolute Gasteiger partial charge is 0.407 e. The third-order valence-corrected chi connectivity index (χ3v) is 10.5. The summed E-state index contributed by atoms with van der Waals surface area (Å²) >= 11 is 3.87. The van der Waals surface area contributed by atoms with Crippen LogP contribution in [0.5, 0.6) is 0 Å². The van der Waals surface area contributed by atoms with Gasteiger partial charge in [-0.1, -0.05) is 54.5 Å². The Morgan fingerprint density at radius 2 is 1.42 bits per heavy atom. The first-order chi connectivity index (χ1) is 17.2. The maximum atomic E-state index is 13.5. The Morgan fingerprint density at radius 3 is 2.08 bits per heavy atom. The molecule has 0 aromatic rings. The molecule has 1 heterocycles. The molecule has 36 heavy (non-hydrogen) atoms. The van der Waals surface area contributed by atoms with Gasteiger partial charge in [0.05, 0.1) is 0 Å². The van der Waals surface area contributed by atoms with E-state index in [0.717, 1.165) is 69.0 Å². The van der Waals surface area contributed by atoms with Crippen molar-refractivity contribution >= 4 is 27.9 Å². The highest BCUT2D eigenvalue weighted by Gasteiger charge is 2.37. The number of carbonyl (C=O) groups excluding carboxylic acids is 2. The molecule has 4 fully saturated rings. The van der Waals surface area contributed by atoms with Crippen molar-refractivity contribution < 1.29 is 14.3 Å². The second kappa shape index (κ2) is 12.8. The summed E-state index contributed by atoms with van der Waals surface area (Å²) in [5.41, 5.74) is -0.449. The number of piperidine rings is 1. The number of carbonyl (C=O) groups is 2. The fourth-order valence-corrected chi connectivity index (χ4v) is 8.62. The zero-order valence-corrected chi connectivity index (χ0v) is 24.7. The van der Waals surface area contributed by atoms with E-state index in [0.29, 0.717) is 16.7 Å². The van der Waals surface area contributed by atoms with Crippen LogP contribution in [0.1, 0.15) is 111 Å². The average Bonchev–Trinajstić information content (AvgIpc) is 2.86. The second-order valence-corrected chi connectivity index (χ2v) is 14.8. The number of likely N-dealkylation sites (tertiary alicyclic amines) is 1. The molecule has 4 rings (SSSR count). The summed E-state index contributed by atoms with van der Waals surface area (Å²) in [6.07, 6.45) is 17.2. The molecule has 4 aliphatic rings. The Labute approximate surface area is 228 Å². The monoisotopic (exact) mass is 566 g/mol. The van der Waals surface area contributed by atoms with Gasteiger partial charge in [0, 0.05) is 30.4 Å². The standard InChI is InChI=1S/C30H51BrN2O3/c1-30(2,3)36-29(35)32-20-21-7-4-8-23(17-21)22-13-15-33(16-14-22)28(34)26-11-5-9-24(18-26)25-10-6-12-27(31)19-25/h21-27H,4-20H2,1-3H3,(H,32,35). The summed E-state index contributed by atoms with van der Waals surface area (Å²) in [4.78, 5) is 28.5. The number of alkyl halides is 1. The number of nitrogens with zero attached hydrogens (tertiary/aromatic N) is 1. The van der Waals surface area contributed by atoms with Crippen molar-refractivity contribution in [3.63, 3.8) is 0 Å². The molecule has 0 spiro atoms. The number of alkyl carbamates (subject to hydrolysis) is 1. The molecule has 3 saturated carbocycles. The summed E-state index contributed by atoms with van der Waals surface area (Å²) in [6.45, 7) is 8.35. The molecule has 5 nitrogen and oxygen atoms in total. The molecular formula is C30H51BrN2O3. The van der Waals surface area contributed by atoms with Gasteiger partial charge in [-0.25, -0.2) is 4.79 Å². The lowest BCUT2D eigenvalue weighted by atomic mass is 9.69. The molecule has 0 aromatic heterocycles. The van der Waals surface area contributed by atoms with Crippen molar-refractivity contribution in [2.24, 2.45) is 35.5 Å². The Bertz CT molecular complexity index is 730. The molecule has 6 unspecified atom stereocenters. The first-order valence-electron chi connectivity index (χ1n) is 15.1. The summed E-state index contributed by atoms with van der Waals surface area (Å²) in [5.74, 6) is 4.35. The predicted molar refractivity (Wildman–Crippen MR) is 149 cm³/mol. The van der Waals surface area contributed by atoms with Crippen molar-refractivity contribution in [3.05, 3.63) is 0 Å². The Morgan fingerprint density at radius 1 is 0.806 bits per heavy atom. The van der Waals surface area contributed by atoms with Gasteiger partial charge in [0.15, 0.2) is 0 Å². The lowest BCUT2D eigenvalue weighted by Gasteiger charge is -2.42. The minimum Gasteiger partial charge on any atom is -0.444 e. The summed E-state index contributed by atoms with van der Waals surface area (Å²) in [7, 11) is 0. The van der Waals surface area contributed by atoms with Crippen LogP contribution in [0.3, 0.4) is 0 Å². The second-order valence-electron chi connectivity index (χ2n) is 13.5. The highest BCUT2D eigenvalue weighted by Crippen LogP contribution is 2.43. The van der Waals surface area contributed by atoms with Crippen LogP contribution in [0.15, 0.2) is 0 Å². The molecule has 0 bridgehead atoms. The van der Waals surface area contributed by atoms with Crippen LogP contribution < -0.4 is 5.32 Å². The quantitative estimate of drug-likeness (QED) is 0.354. The zero-order valence-electron chi connectivity index (χ0n) is 23.1. The van der Waals surface area contributed by atoms with Gasteiger partial charge >= 0.3 is 6.09 Å². The van der Waals surface area contributed by atoms with Gasteiger partial charge in [0.1, 0.15) is 5.60 Å². The maximum Gasteiger partial charge on any atom is 0.407 e. The molecule has 3 aliphatic carbocycles. The normalized spacial score (nSPS) is 34.7. The van der Waals surface area contributed by atoms with E-state index in [-0.39, 0.29) is 12.0 Å². The molecule has 2 amide bonds. The third-order valence-electron chi connectivity index (χ3n) is 9.66. The maximum absolute atomic E-state index is 13.5. The van der Waals surface area contributed by atoms with Crippen LogP contribution in [-0.2, 0) is 9.53 Å². The van der Waals surface area contributed by atoms with E-state index >= 15 is 0 Å². The molecule has 1 N–H and O–H groups in total. The van der Waals surface area contributed by atoms with E-state index in [1.54, 1.807) is 0 Å². The minimum absolute atomic E-state index is 0.272. The Hall–Kier alpha value is -0.780. The Balaban J connectivity index is 1.20. The Kier molecular flexibility index (Phi) is 10.1. The molecular weight excluding hydrogens is 516 g/mol. The van der Waals surface area contributed by atoms with Gasteiger partial charge in [-0.2, -0.15) is 0 Å². The number of amides is 2. The van der Waals surface area contributed by atoms with Gasteiger partial charge < -0.3 is 15.0 Å². The highest BCUT2D eigenvalue weighted by molar-refractivity contribution is 9.09. The van der Waals surface area contributed by atoms with Crippen LogP contribution >= 0.6 is 15.9 Å². The molecule has 0 aromatic carbocycles. The summed E-state index contributed by atoms with van der Waals surface area (Å²) < 4.78 is 5.41. The molecule has 6 heteroatoms. The molecule has 0 radical (unpaired) electrons. The van der Waals surface area contributed by atoms with Gasteiger partial charge in [-0.3, -0.25) is 4.79 Å². The minimum atomic E-state index is -0.449. The lowest BCUT2D eigenvalue weighted by Crippen LogP contribution is -2.45. The number of hydrogen-bond acceptors (Lipinski definition) is 3. The van der Waals surface area contributed by atoms with Crippen LogP contribution in [0.4, 0.5) is 4.79 Å². The first kappa shape index (κ1) is 28.2. The number of ether oxygens (including phenoxy) is 1. The number of nitrogens with one attached hydrogen (secondary N) is 1. The van der Waals surface area contributed by atoms with Crippen LogP contribution in [0.25, 0.3) is 0 Å². The first-order valence-corrected chi connectivity index (χ1v) is 16.0. The van der Waals surface area contributed by atoms with Gasteiger partial charge in [0.2, 0.25) is 5.91 Å². The highest BCUT2D eigenvalue weighted by atomic mass is 79.9. The van der Waals surface area contributed by atoms with Gasteiger partial charge in [-0.15, -0.1) is 0 Å². The number of halogens is 1. The van der Waals surface area contributed by atoms with Crippen molar-refractivity contribution in [3.8, 4) is 0 Å². The molecule has 1 aliphatic heterocycles. The van der Waals surface area contributed by atoms with Crippen molar-refractivity contribution in [2.45, 2.75) is 121 Å². The molecule has 206 valence electrons. The summed E-state index contributed by atoms with van der Waals surface area (Å²) in [6, 6.07) is 0. The number of rotatable bonds is 5. The SMILES string of the molecule is CC(C)(C)OC(=O)NCC1CCCC(C2CCN(C(=O)C3CCCC(C4CCCC(Br)C4)C3)CC2)C1. The van der Waals surface area contributed by atoms with E-state index in [2.05, 4.69) is 26.1 Å². The molecule has 1 saturated heterocycles. The van der Waals surface area contributed by atoms with E-state index in [1.807, 2.05) is 20.8 Å². The fraction of sp³-hybridized carbons (Fsp3) is 0.933. The van der Waals surface area contributed by atoms with E-state index in [9.17, 15) is 9.59 Å². The number of hydrogen-bond donors (Lipinski definition) is 1. The predicted octanol–water partition coefficient (Wildman–Crippen LogP) is 7.32. The van der Waals surface area contributed by atoms with Crippen LogP contribution in [0, 0.1) is 35.5 Å². The van der Waals surface area contributed by atoms with E-state index in [1.165, 1.54) is 64.2 Å². The van der Waals surface area contributed by atoms with E-state index in [4.69, 9.17) is 4.74 Å². The average molecular weight is 568 g/mol. The topological polar surface area (TPSA) is 58.6 Å². The van der Waals surface area contributed by atoms with Gasteiger partial charge in [0.25, 0.3) is 0 Å². The van der Waals surface area contributed by atoms with Crippen molar-refractivity contribution in [2.75, 3.05) is 19.6 Å². The van der Waals surface area contributed by atoms with Gasteiger partial charge in [-0.05, 0) is 102 Å².